The summed E-state index contributed by atoms with van der Waals surface area (Å²) in [6.45, 7) is 0.218. The third kappa shape index (κ3) is 6.61. The zero-order valence-electron chi connectivity index (χ0n) is 13.2. The summed E-state index contributed by atoms with van der Waals surface area (Å²) in [4.78, 5) is 16.0. The van der Waals surface area contributed by atoms with Crippen LogP contribution in [-0.2, 0) is 11.2 Å². The van der Waals surface area contributed by atoms with Crippen LogP contribution in [0.1, 0.15) is 24.6 Å². The van der Waals surface area contributed by atoms with Crippen LogP contribution in [0.4, 0.5) is 18.9 Å². The van der Waals surface area contributed by atoms with Crippen molar-refractivity contribution in [3.63, 3.8) is 0 Å². The molecule has 2 rings (SSSR count). The highest BCUT2D eigenvalue weighted by Gasteiger charge is 2.29. The Morgan fingerprint density at radius 2 is 2.16 bits per heavy atom. The average molecular weight is 378 g/mol. The summed E-state index contributed by atoms with van der Waals surface area (Å²) in [5, 5.41) is 6.39. The fourth-order valence-electron chi connectivity index (χ4n) is 1.94. The number of nitrogens with zero attached hydrogens (tertiary/aromatic N) is 2. The monoisotopic (exact) mass is 377 g/mol. The lowest BCUT2D eigenvalue weighted by Crippen LogP contribution is -2.20. The van der Waals surface area contributed by atoms with E-state index in [4.69, 9.17) is 20.9 Å². The predicted molar refractivity (Wildman–Crippen MR) is 83.6 cm³/mol. The van der Waals surface area contributed by atoms with Gasteiger partial charge in [0, 0.05) is 17.9 Å². The summed E-state index contributed by atoms with van der Waals surface area (Å²) in [6, 6.07) is 3.97. The molecule has 6 nitrogen and oxygen atoms in total. The molecule has 0 aliphatic rings. The number of rotatable bonds is 7. The SMILES string of the molecule is Cc1noc(CCCC(=O)Nc2cc(Cl)ccc2OCC(F)(F)F)n1. The van der Waals surface area contributed by atoms with Crippen molar-refractivity contribution in [2.75, 3.05) is 11.9 Å². The maximum atomic E-state index is 12.3. The van der Waals surface area contributed by atoms with Gasteiger partial charge in [-0.15, -0.1) is 0 Å². The Bertz CT molecular complexity index is 734. The molecule has 1 aromatic carbocycles. The van der Waals surface area contributed by atoms with Crippen LogP contribution < -0.4 is 10.1 Å². The minimum Gasteiger partial charge on any atom is -0.482 e. The molecule has 0 unspecified atom stereocenters. The number of benzene rings is 1. The lowest BCUT2D eigenvalue weighted by molar-refractivity contribution is -0.153. The molecule has 2 aromatic rings. The number of nitrogens with one attached hydrogen (secondary N) is 1. The van der Waals surface area contributed by atoms with Gasteiger partial charge >= 0.3 is 6.18 Å². The highest BCUT2D eigenvalue weighted by molar-refractivity contribution is 6.31. The van der Waals surface area contributed by atoms with E-state index in [1.54, 1.807) is 6.92 Å². The molecule has 136 valence electrons. The number of carbonyl (C=O) groups excluding carboxylic acids is 1. The normalized spacial score (nSPS) is 11.4. The van der Waals surface area contributed by atoms with Crippen molar-refractivity contribution < 1.29 is 27.2 Å². The van der Waals surface area contributed by atoms with E-state index in [2.05, 4.69) is 15.5 Å². The number of alkyl halides is 3. The second kappa shape index (κ2) is 8.19. The van der Waals surface area contributed by atoms with Gasteiger partial charge in [0.15, 0.2) is 12.4 Å². The van der Waals surface area contributed by atoms with Gasteiger partial charge in [0.25, 0.3) is 0 Å². The molecule has 10 heteroatoms. The Hall–Kier alpha value is -2.29. The van der Waals surface area contributed by atoms with Crippen LogP contribution >= 0.6 is 11.6 Å². The number of anilines is 1. The van der Waals surface area contributed by atoms with Gasteiger partial charge in [-0.05, 0) is 31.5 Å². The third-order valence-corrected chi connectivity index (χ3v) is 3.21. The molecular weight excluding hydrogens is 363 g/mol. The quantitative estimate of drug-likeness (QED) is 0.791. The minimum absolute atomic E-state index is 0.0791. The predicted octanol–water partition coefficient (Wildman–Crippen LogP) is 3.93. The molecule has 0 bridgehead atoms. The number of hydrogen-bond donors (Lipinski definition) is 1. The van der Waals surface area contributed by atoms with E-state index in [9.17, 15) is 18.0 Å². The van der Waals surface area contributed by atoms with E-state index in [1.165, 1.54) is 18.2 Å². The molecule has 0 aliphatic heterocycles. The fourth-order valence-corrected chi connectivity index (χ4v) is 2.11. The first kappa shape index (κ1) is 19.0. The highest BCUT2D eigenvalue weighted by atomic mass is 35.5. The molecule has 0 atom stereocenters. The van der Waals surface area contributed by atoms with Gasteiger partial charge in [-0.2, -0.15) is 18.2 Å². The molecule has 0 radical (unpaired) electrons. The molecule has 0 saturated heterocycles. The van der Waals surface area contributed by atoms with Crippen LogP contribution in [-0.4, -0.2) is 28.8 Å². The van der Waals surface area contributed by atoms with Gasteiger partial charge in [-0.3, -0.25) is 4.79 Å². The summed E-state index contributed by atoms with van der Waals surface area (Å²) in [5.41, 5.74) is 0.0791. The first-order valence-electron chi connectivity index (χ1n) is 7.31. The Labute approximate surface area is 146 Å². The van der Waals surface area contributed by atoms with Gasteiger partial charge in [0.2, 0.25) is 11.8 Å². The van der Waals surface area contributed by atoms with Gasteiger partial charge in [-0.1, -0.05) is 16.8 Å². The largest absolute Gasteiger partial charge is 0.482 e. The van der Waals surface area contributed by atoms with Crippen LogP contribution in [0.15, 0.2) is 22.7 Å². The van der Waals surface area contributed by atoms with Crippen molar-refractivity contribution in [1.82, 2.24) is 10.1 Å². The zero-order chi connectivity index (χ0) is 18.4. The highest BCUT2D eigenvalue weighted by Crippen LogP contribution is 2.30. The second-order valence-corrected chi connectivity index (χ2v) is 5.62. The van der Waals surface area contributed by atoms with E-state index in [0.29, 0.717) is 24.6 Å². The number of ether oxygens (including phenoxy) is 1. The minimum atomic E-state index is -4.48. The summed E-state index contributed by atoms with van der Waals surface area (Å²) in [6.07, 6.45) is -3.51. The van der Waals surface area contributed by atoms with Crippen LogP contribution in [0.2, 0.25) is 5.02 Å². The van der Waals surface area contributed by atoms with E-state index >= 15 is 0 Å². The topological polar surface area (TPSA) is 77.2 Å². The molecule has 0 saturated carbocycles. The number of amides is 1. The van der Waals surface area contributed by atoms with E-state index in [0.717, 1.165) is 0 Å². The number of aryl methyl sites for hydroxylation is 2. The number of halogens is 4. The second-order valence-electron chi connectivity index (χ2n) is 5.18. The number of carbonyl (C=O) groups is 1. The van der Waals surface area contributed by atoms with Crippen molar-refractivity contribution in [3.8, 4) is 5.75 Å². The first-order valence-corrected chi connectivity index (χ1v) is 7.69. The summed E-state index contributed by atoms with van der Waals surface area (Å²) in [5.74, 6) is 0.421. The third-order valence-electron chi connectivity index (χ3n) is 2.97. The summed E-state index contributed by atoms with van der Waals surface area (Å²) < 4.78 is 46.5. The van der Waals surface area contributed by atoms with Crippen molar-refractivity contribution in [2.24, 2.45) is 0 Å². The standard InChI is InChI=1S/C15H15ClF3N3O3/c1-9-20-14(25-22-9)4-2-3-13(23)21-11-7-10(16)5-6-12(11)24-8-15(17,18)19/h5-7H,2-4,8H2,1H3,(H,21,23). The molecule has 1 heterocycles. The molecule has 1 N–H and O–H groups in total. The lowest BCUT2D eigenvalue weighted by atomic mass is 10.2. The van der Waals surface area contributed by atoms with E-state index in [1.807, 2.05) is 0 Å². The van der Waals surface area contributed by atoms with Gasteiger partial charge < -0.3 is 14.6 Å². The van der Waals surface area contributed by atoms with E-state index in [-0.39, 0.29) is 22.9 Å². The van der Waals surface area contributed by atoms with Crippen LogP contribution in [0.3, 0.4) is 0 Å². The molecule has 1 aromatic heterocycles. The van der Waals surface area contributed by atoms with Crippen LogP contribution in [0.5, 0.6) is 5.75 Å². The smallest absolute Gasteiger partial charge is 0.422 e. The van der Waals surface area contributed by atoms with E-state index < -0.39 is 18.7 Å². The van der Waals surface area contributed by atoms with Crippen molar-refractivity contribution in [3.05, 3.63) is 34.9 Å². The van der Waals surface area contributed by atoms with Crippen LogP contribution in [0, 0.1) is 6.92 Å². The lowest BCUT2D eigenvalue weighted by Gasteiger charge is -2.14. The Kier molecular flexibility index (Phi) is 6.24. The summed E-state index contributed by atoms with van der Waals surface area (Å²) >= 11 is 5.82. The van der Waals surface area contributed by atoms with Crippen LogP contribution in [0.25, 0.3) is 0 Å². The Morgan fingerprint density at radius 1 is 1.40 bits per heavy atom. The maximum Gasteiger partial charge on any atom is 0.422 e. The zero-order valence-corrected chi connectivity index (χ0v) is 13.9. The fraction of sp³-hybridized carbons (Fsp3) is 0.400. The van der Waals surface area contributed by atoms with Gasteiger partial charge in [0.1, 0.15) is 5.75 Å². The van der Waals surface area contributed by atoms with Crippen molar-refractivity contribution in [1.29, 1.82) is 0 Å². The summed E-state index contributed by atoms with van der Waals surface area (Å²) in [7, 11) is 0. The van der Waals surface area contributed by atoms with Crippen molar-refractivity contribution in [2.45, 2.75) is 32.4 Å². The maximum absolute atomic E-state index is 12.3. The Morgan fingerprint density at radius 3 is 2.80 bits per heavy atom. The molecule has 1 amide bonds. The molecule has 25 heavy (non-hydrogen) atoms. The number of aromatic nitrogens is 2. The first-order chi connectivity index (χ1) is 11.7. The average Bonchev–Trinajstić information content (AvgIpc) is 2.91. The molecule has 0 fully saturated rings. The molecule has 0 aliphatic carbocycles. The van der Waals surface area contributed by atoms with Gasteiger partial charge in [-0.25, -0.2) is 0 Å². The number of hydrogen-bond acceptors (Lipinski definition) is 5. The molecular formula is C15H15ClF3N3O3. The van der Waals surface area contributed by atoms with Gasteiger partial charge in [0.05, 0.1) is 5.69 Å². The molecule has 0 spiro atoms. The Balaban J connectivity index is 1.91. The van der Waals surface area contributed by atoms with Crippen molar-refractivity contribution >= 4 is 23.2 Å².